The summed E-state index contributed by atoms with van der Waals surface area (Å²) in [5.74, 6) is 1.45. The van der Waals surface area contributed by atoms with Gasteiger partial charge in [0.2, 0.25) is 0 Å². The predicted molar refractivity (Wildman–Crippen MR) is 179 cm³/mol. The van der Waals surface area contributed by atoms with E-state index >= 15 is 0 Å². The zero-order valence-corrected chi connectivity index (χ0v) is 28.4. The lowest BCUT2D eigenvalue weighted by molar-refractivity contribution is -0.144. The summed E-state index contributed by atoms with van der Waals surface area (Å²) >= 11 is 3.37. The summed E-state index contributed by atoms with van der Waals surface area (Å²) in [6, 6.07) is 5.97. The summed E-state index contributed by atoms with van der Waals surface area (Å²) in [5, 5.41) is 0.807. The number of carbonyl (C=O) groups excluding carboxylic acids is 1. The minimum Gasteiger partial charge on any atom is -0.493 e. The first-order valence-electron chi connectivity index (χ1n) is 17.3. The predicted octanol–water partition coefficient (Wildman–Crippen LogP) is 11.9. The first kappa shape index (κ1) is 37.8. The SMILES string of the molecule is CCCCCCCCCCCCCCCOc1cc(COC(=O)CCCBr)cc(OCCCCCCCCCC)c1. The van der Waals surface area contributed by atoms with Crippen LogP contribution < -0.4 is 9.47 Å². The molecule has 0 atom stereocenters. The van der Waals surface area contributed by atoms with E-state index in [1.165, 1.54) is 122 Å². The average Bonchev–Trinajstić information content (AvgIpc) is 2.98. The van der Waals surface area contributed by atoms with E-state index in [0.29, 0.717) is 19.6 Å². The zero-order valence-electron chi connectivity index (χ0n) is 26.8. The van der Waals surface area contributed by atoms with Gasteiger partial charge in [-0.25, -0.2) is 0 Å². The van der Waals surface area contributed by atoms with Gasteiger partial charge in [0.05, 0.1) is 13.2 Å². The Morgan fingerprint density at radius 2 is 0.951 bits per heavy atom. The van der Waals surface area contributed by atoms with Crippen LogP contribution in [0.2, 0.25) is 0 Å². The van der Waals surface area contributed by atoms with Gasteiger partial charge in [-0.1, -0.05) is 152 Å². The third-order valence-electron chi connectivity index (χ3n) is 7.64. The molecule has 5 heteroatoms. The highest BCUT2D eigenvalue weighted by Crippen LogP contribution is 2.25. The second-order valence-electron chi connectivity index (χ2n) is 11.7. The van der Waals surface area contributed by atoms with Crippen LogP contribution in [0.3, 0.4) is 0 Å². The van der Waals surface area contributed by atoms with Crippen molar-refractivity contribution < 1.29 is 19.0 Å². The molecule has 0 aliphatic rings. The Balaban J connectivity index is 2.32. The van der Waals surface area contributed by atoms with Crippen LogP contribution in [-0.4, -0.2) is 24.5 Å². The van der Waals surface area contributed by atoms with Crippen LogP contribution in [-0.2, 0) is 16.1 Å². The van der Waals surface area contributed by atoms with Gasteiger partial charge in [0.1, 0.15) is 18.1 Å². The van der Waals surface area contributed by atoms with Crippen molar-refractivity contribution in [1.82, 2.24) is 0 Å². The highest BCUT2D eigenvalue weighted by Gasteiger charge is 2.08. The van der Waals surface area contributed by atoms with Crippen molar-refractivity contribution in [2.24, 2.45) is 0 Å². The molecule has 1 rings (SSSR count). The molecule has 0 saturated carbocycles. The molecule has 0 radical (unpaired) electrons. The van der Waals surface area contributed by atoms with E-state index in [1.54, 1.807) is 0 Å². The maximum atomic E-state index is 12.0. The molecule has 0 N–H and O–H groups in total. The summed E-state index contributed by atoms with van der Waals surface area (Å²) in [6.45, 7) is 6.22. The van der Waals surface area contributed by atoms with Crippen molar-refractivity contribution in [3.63, 3.8) is 0 Å². The topological polar surface area (TPSA) is 44.8 Å². The molecule has 0 spiro atoms. The van der Waals surface area contributed by atoms with E-state index < -0.39 is 0 Å². The summed E-state index contributed by atoms with van der Waals surface area (Å²) < 4.78 is 17.7. The van der Waals surface area contributed by atoms with Crippen LogP contribution in [0, 0.1) is 0 Å². The van der Waals surface area contributed by atoms with E-state index in [2.05, 4.69) is 29.8 Å². The maximum absolute atomic E-state index is 12.0. The molecule has 1 aromatic carbocycles. The van der Waals surface area contributed by atoms with Crippen LogP contribution in [0.25, 0.3) is 0 Å². The molecule has 0 unspecified atom stereocenters. The molecule has 0 aliphatic heterocycles. The van der Waals surface area contributed by atoms with Crippen molar-refractivity contribution in [3.05, 3.63) is 23.8 Å². The Morgan fingerprint density at radius 1 is 0.561 bits per heavy atom. The van der Waals surface area contributed by atoms with E-state index in [-0.39, 0.29) is 12.6 Å². The summed E-state index contributed by atoms with van der Waals surface area (Å²) in [4.78, 5) is 12.0. The largest absolute Gasteiger partial charge is 0.493 e. The quantitative estimate of drug-likeness (QED) is 0.0477. The number of unbranched alkanes of at least 4 members (excludes halogenated alkanes) is 19. The fraction of sp³-hybridized carbons (Fsp3) is 0.806. The molecule has 0 amide bonds. The third-order valence-corrected chi connectivity index (χ3v) is 8.20. The summed E-state index contributed by atoms with van der Waals surface area (Å²) in [6.07, 6.45) is 28.9. The van der Waals surface area contributed by atoms with Gasteiger partial charge in [-0.15, -0.1) is 0 Å². The second-order valence-corrected chi connectivity index (χ2v) is 12.5. The first-order valence-corrected chi connectivity index (χ1v) is 18.4. The summed E-state index contributed by atoms with van der Waals surface area (Å²) in [5.41, 5.74) is 0.922. The molecule has 1 aromatic rings. The lowest BCUT2D eigenvalue weighted by Crippen LogP contribution is -2.06. The van der Waals surface area contributed by atoms with E-state index in [1.807, 2.05) is 18.2 Å². The molecule has 0 fully saturated rings. The van der Waals surface area contributed by atoms with E-state index in [9.17, 15) is 4.79 Å². The van der Waals surface area contributed by atoms with Gasteiger partial charge in [-0.05, 0) is 37.0 Å². The van der Waals surface area contributed by atoms with Gasteiger partial charge in [0, 0.05) is 17.8 Å². The van der Waals surface area contributed by atoms with Crippen LogP contribution in [0.4, 0.5) is 0 Å². The number of hydrogen-bond donors (Lipinski definition) is 0. The molecule has 0 saturated heterocycles. The van der Waals surface area contributed by atoms with Crippen LogP contribution in [0.5, 0.6) is 11.5 Å². The number of rotatable bonds is 30. The van der Waals surface area contributed by atoms with Gasteiger partial charge in [0.15, 0.2) is 0 Å². The van der Waals surface area contributed by atoms with Crippen molar-refractivity contribution in [3.8, 4) is 11.5 Å². The van der Waals surface area contributed by atoms with Gasteiger partial charge in [-0.3, -0.25) is 4.79 Å². The molecule has 0 aliphatic carbocycles. The monoisotopic (exact) mass is 638 g/mol. The van der Waals surface area contributed by atoms with E-state index in [4.69, 9.17) is 14.2 Å². The van der Waals surface area contributed by atoms with Crippen molar-refractivity contribution in [2.75, 3.05) is 18.5 Å². The number of carbonyl (C=O) groups is 1. The zero-order chi connectivity index (χ0) is 29.6. The number of benzene rings is 1. The Morgan fingerprint density at radius 3 is 1.34 bits per heavy atom. The summed E-state index contributed by atoms with van der Waals surface area (Å²) in [7, 11) is 0. The number of hydrogen-bond acceptors (Lipinski definition) is 4. The van der Waals surface area contributed by atoms with Crippen molar-refractivity contribution in [1.29, 1.82) is 0 Å². The first-order chi connectivity index (χ1) is 20.2. The minimum absolute atomic E-state index is 0.163. The van der Waals surface area contributed by atoms with Crippen LogP contribution >= 0.6 is 15.9 Å². The molecule has 238 valence electrons. The third kappa shape index (κ3) is 24.0. The molecule has 4 nitrogen and oxygen atoms in total. The van der Waals surface area contributed by atoms with Gasteiger partial charge in [0.25, 0.3) is 0 Å². The van der Waals surface area contributed by atoms with Crippen molar-refractivity contribution >= 4 is 21.9 Å². The number of halogens is 1. The Bertz CT molecular complexity index is 724. The lowest BCUT2D eigenvalue weighted by atomic mass is 10.0. The normalized spacial score (nSPS) is 11.1. The Kier molecular flexibility index (Phi) is 26.6. The molecule has 0 bridgehead atoms. The van der Waals surface area contributed by atoms with Crippen LogP contribution in [0.15, 0.2) is 18.2 Å². The lowest BCUT2D eigenvalue weighted by Gasteiger charge is -2.13. The van der Waals surface area contributed by atoms with Gasteiger partial charge >= 0.3 is 5.97 Å². The van der Waals surface area contributed by atoms with Crippen molar-refractivity contribution in [2.45, 2.75) is 168 Å². The number of alkyl halides is 1. The highest BCUT2D eigenvalue weighted by molar-refractivity contribution is 9.09. The highest BCUT2D eigenvalue weighted by atomic mass is 79.9. The van der Waals surface area contributed by atoms with E-state index in [0.717, 1.165) is 41.7 Å². The van der Waals surface area contributed by atoms with Gasteiger partial charge < -0.3 is 14.2 Å². The Labute approximate surface area is 262 Å². The van der Waals surface area contributed by atoms with Gasteiger partial charge in [-0.2, -0.15) is 0 Å². The molecular formula is C36H63BrO4. The smallest absolute Gasteiger partial charge is 0.306 e. The maximum Gasteiger partial charge on any atom is 0.306 e. The number of ether oxygens (including phenoxy) is 3. The molecule has 0 heterocycles. The number of esters is 1. The molecular weight excluding hydrogens is 576 g/mol. The molecule has 41 heavy (non-hydrogen) atoms. The Hall–Kier alpha value is -1.23. The minimum atomic E-state index is -0.163. The second kappa shape index (κ2) is 28.9. The average molecular weight is 640 g/mol. The molecule has 0 aromatic heterocycles. The van der Waals surface area contributed by atoms with Crippen LogP contribution in [0.1, 0.15) is 167 Å². The fourth-order valence-corrected chi connectivity index (χ4v) is 5.34. The fourth-order valence-electron chi connectivity index (χ4n) is 5.06. The standard InChI is InChI=1S/C36H63BrO4/c1-3-5-7-9-11-13-14-15-16-17-19-21-23-28-40-35-30-33(32-41-36(38)25-24-26-37)29-34(31-35)39-27-22-20-18-12-10-8-6-4-2/h29-31H,3-28,32H2,1-2H3.